The summed E-state index contributed by atoms with van der Waals surface area (Å²) >= 11 is 9.39. The van der Waals surface area contributed by atoms with Crippen molar-refractivity contribution in [2.75, 3.05) is 0 Å². The quantitative estimate of drug-likeness (QED) is 0.748. The van der Waals surface area contributed by atoms with E-state index in [0.29, 0.717) is 16.3 Å². The van der Waals surface area contributed by atoms with Gasteiger partial charge in [0.15, 0.2) is 0 Å². The predicted molar refractivity (Wildman–Crippen MR) is 68.5 cm³/mol. The van der Waals surface area contributed by atoms with Gasteiger partial charge >= 0.3 is 0 Å². The van der Waals surface area contributed by atoms with Gasteiger partial charge in [0.05, 0.1) is 15.4 Å². The molecule has 0 unspecified atom stereocenters. The van der Waals surface area contributed by atoms with Crippen molar-refractivity contribution in [1.29, 1.82) is 5.26 Å². The third kappa shape index (κ3) is 2.03. The zero-order valence-corrected chi connectivity index (χ0v) is 11.7. The highest BCUT2D eigenvalue weighted by molar-refractivity contribution is 9.09. The van der Waals surface area contributed by atoms with E-state index >= 15 is 0 Å². The molecule has 0 radical (unpaired) electrons. The van der Waals surface area contributed by atoms with Gasteiger partial charge in [0.1, 0.15) is 23.5 Å². The van der Waals surface area contributed by atoms with Gasteiger partial charge in [-0.15, -0.1) is 0 Å². The van der Waals surface area contributed by atoms with E-state index in [1.807, 2.05) is 6.07 Å². The molecule has 5 heteroatoms. The molecule has 1 aliphatic rings. The first-order chi connectivity index (χ1) is 7.86. The molecule has 0 aromatic heterocycles. The lowest BCUT2D eigenvalue weighted by Gasteiger charge is -2.40. The molecule has 90 valence electrons. The Hall–Kier alpha value is -0.760. The van der Waals surface area contributed by atoms with Gasteiger partial charge in [0.2, 0.25) is 0 Å². The molecule has 0 bridgehead atoms. The summed E-state index contributed by atoms with van der Waals surface area (Å²) < 4.78 is 5.71. The Morgan fingerprint density at radius 3 is 2.76 bits per heavy atom. The summed E-state index contributed by atoms with van der Waals surface area (Å²) in [5.41, 5.74) is 0.432. The molecule has 1 aliphatic heterocycles. The van der Waals surface area contributed by atoms with Crippen LogP contribution in [0, 0.1) is 11.3 Å². The lowest BCUT2D eigenvalue weighted by atomic mass is 9.90. The monoisotopic (exact) mass is 315 g/mol. The van der Waals surface area contributed by atoms with Gasteiger partial charge < -0.3 is 9.84 Å². The SMILES string of the molecule is CC1(C)Oc2cc(Cl)c(C#N)cc2[C@@H](Br)[C@@H]1O. The Balaban J connectivity index is 2.58. The number of fused-ring (bicyclic) bond motifs is 1. The number of aliphatic hydroxyl groups excluding tert-OH is 1. The Bertz CT molecular complexity index is 510. The Morgan fingerprint density at radius 2 is 2.18 bits per heavy atom. The van der Waals surface area contributed by atoms with Crippen LogP contribution in [0.3, 0.4) is 0 Å². The zero-order valence-electron chi connectivity index (χ0n) is 9.37. The van der Waals surface area contributed by atoms with Crippen molar-refractivity contribution in [3.05, 3.63) is 28.3 Å². The molecule has 3 nitrogen and oxygen atoms in total. The molecule has 1 N–H and O–H groups in total. The van der Waals surface area contributed by atoms with Crippen LogP contribution in [0.25, 0.3) is 0 Å². The van der Waals surface area contributed by atoms with Crippen molar-refractivity contribution in [1.82, 2.24) is 0 Å². The second-order valence-electron chi connectivity index (χ2n) is 4.53. The first kappa shape index (κ1) is 12.7. The number of ether oxygens (including phenoxy) is 1. The minimum absolute atomic E-state index is 0.273. The highest BCUT2D eigenvalue weighted by Crippen LogP contribution is 2.45. The molecule has 0 aliphatic carbocycles. The lowest BCUT2D eigenvalue weighted by molar-refractivity contribution is -0.0418. The van der Waals surface area contributed by atoms with E-state index in [2.05, 4.69) is 15.9 Å². The molecule has 0 saturated carbocycles. The maximum absolute atomic E-state index is 10.1. The first-order valence-electron chi connectivity index (χ1n) is 5.11. The molecule has 17 heavy (non-hydrogen) atoms. The van der Waals surface area contributed by atoms with Gasteiger partial charge in [0.25, 0.3) is 0 Å². The van der Waals surface area contributed by atoms with Crippen LogP contribution >= 0.6 is 27.5 Å². The van der Waals surface area contributed by atoms with Crippen molar-refractivity contribution in [3.8, 4) is 11.8 Å². The predicted octanol–water partition coefficient (Wildman–Crippen LogP) is 3.18. The van der Waals surface area contributed by atoms with E-state index in [1.54, 1.807) is 26.0 Å². The van der Waals surface area contributed by atoms with E-state index in [9.17, 15) is 5.11 Å². The Morgan fingerprint density at radius 1 is 1.53 bits per heavy atom. The van der Waals surface area contributed by atoms with Crippen LogP contribution in [0.1, 0.15) is 29.8 Å². The second-order valence-corrected chi connectivity index (χ2v) is 5.93. The topological polar surface area (TPSA) is 53.2 Å². The second kappa shape index (κ2) is 4.16. The van der Waals surface area contributed by atoms with Crippen LogP contribution in [0.15, 0.2) is 12.1 Å². The number of nitrogens with zero attached hydrogens (tertiary/aromatic N) is 1. The summed E-state index contributed by atoms with van der Waals surface area (Å²) in [5.74, 6) is 0.603. The number of halogens is 2. The van der Waals surface area contributed by atoms with Gasteiger partial charge in [0, 0.05) is 11.6 Å². The maximum atomic E-state index is 10.1. The highest BCUT2D eigenvalue weighted by atomic mass is 79.9. The van der Waals surface area contributed by atoms with E-state index in [-0.39, 0.29) is 4.83 Å². The van der Waals surface area contributed by atoms with Crippen LogP contribution in [0.5, 0.6) is 5.75 Å². The van der Waals surface area contributed by atoms with Crippen molar-refractivity contribution >= 4 is 27.5 Å². The fourth-order valence-electron chi connectivity index (χ4n) is 1.83. The average Bonchev–Trinajstić information content (AvgIpc) is 2.25. The molecular weight excluding hydrogens is 305 g/mol. The number of aliphatic hydroxyl groups is 1. The highest BCUT2D eigenvalue weighted by Gasteiger charge is 2.42. The normalized spacial score (nSPS) is 25.6. The molecule has 1 aromatic rings. The Kier molecular flexibility index (Phi) is 3.11. The Labute approximate surface area is 113 Å². The van der Waals surface area contributed by atoms with Crippen molar-refractivity contribution in [3.63, 3.8) is 0 Å². The minimum atomic E-state index is -0.696. The van der Waals surface area contributed by atoms with E-state index in [1.165, 1.54) is 0 Å². The van der Waals surface area contributed by atoms with Crippen molar-refractivity contribution < 1.29 is 9.84 Å². The van der Waals surface area contributed by atoms with Crippen LogP contribution in [-0.2, 0) is 0 Å². The van der Waals surface area contributed by atoms with Crippen LogP contribution in [-0.4, -0.2) is 16.8 Å². The number of alkyl halides is 1. The molecule has 1 heterocycles. The largest absolute Gasteiger partial charge is 0.485 e. The first-order valence-corrected chi connectivity index (χ1v) is 6.41. The van der Waals surface area contributed by atoms with E-state index in [4.69, 9.17) is 21.6 Å². The minimum Gasteiger partial charge on any atom is -0.485 e. The maximum Gasteiger partial charge on any atom is 0.131 e. The molecule has 0 saturated heterocycles. The van der Waals surface area contributed by atoms with Gasteiger partial charge in [-0.3, -0.25) is 0 Å². The number of hydrogen-bond acceptors (Lipinski definition) is 3. The summed E-state index contributed by atoms with van der Waals surface area (Å²) in [7, 11) is 0. The molecule has 0 spiro atoms. The smallest absolute Gasteiger partial charge is 0.131 e. The number of nitriles is 1. The van der Waals surface area contributed by atoms with E-state index in [0.717, 1.165) is 5.56 Å². The summed E-state index contributed by atoms with van der Waals surface area (Å²) in [5, 5.41) is 19.4. The fraction of sp³-hybridized carbons (Fsp3) is 0.417. The molecular formula is C12H11BrClNO2. The number of rotatable bonds is 0. The van der Waals surface area contributed by atoms with Gasteiger partial charge in [-0.05, 0) is 19.9 Å². The fourth-order valence-corrected chi connectivity index (χ4v) is 3.02. The standard InChI is InChI=1S/C12H11BrClNO2/c1-12(2)11(16)10(13)7-3-6(5-15)8(14)4-9(7)17-12/h3-4,10-11,16H,1-2H3/t10-,11+/m1/s1. The molecule has 0 fully saturated rings. The summed E-state index contributed by atoms with van der Waals surface area (Å²) in [6.07, 6.45) is -0.692. The third-order valence-corrected chi connectivity index (χ3v) is 4.19. The van der Waals surface area contributed by atoms with E-state index < -0.39 is 11.7 Å². The number of hydrogen-bond donors (Lipinski definition) is 1. The van der Waals surface area contributed by atoms with Crippen molar-refractivity contribution in [2.45, 2.75) is 30.4 Å². The van der Waals surface area contributed by atoms with Crippen LogP contribution in [0.2, 0.25) is 5.02 Å². The third-order valence-electron chi connectivity index (χ3n) is 2.88. The summed E-state index contributed by atoms with van der Waals surface area (Å²) in [4.78, 5) is -0.273. The van der Waals surface area contributed by atoms with Crippen molar-refractivity contribution in [2.24, 2.45) is 0 Å². The average molecular weight is 317 g/mol. The number of benzene rings is 1. The lowest BCUT2D eigenvalue weighted by Crippen LogP contribution is -2.47. The molecule has 1 aromatic carbocycles. The molecule has 2 atom stereocenters. The molecule has 0 amide bonds. The van der Waals surface area contributed by atoms with Gasteiger partial charge in [-0.2, -0.15) is 5.26 Å². The van der Waals surface area contributed by atoms with Crippen LogP contribution < -0.4 is 4.74 Å². The van der Waals surface area contributed by atoms with Gasteiger partial charge in [-0.25, -0.2) is 0 Å². The van der Waals surface area contributed by atoms with Crippen LogP contribution in [0.4, 0.5) is 0 Å². The van der Waals surface area contributed by atoms with Gasteiger partial charge in [-0.1, -0.05) is 27.5 Å². The molecule has 2 rings (SSSR count). The zero-order chi connectivity index (χ0) is 12.8. The summed E-state index contributed by atoms with van der Waals surface area (Å²) in [6.45, 7) is 3.61. The summed E-state index contributed by atoms with van der Waals surface area (Å²) in [6, 6.07) is 5.28.